The molecule has 4 heteroatoms. The molecule has 0 atom stereocenters. The van der Waals surface area contributed by atoms with Crippen LogP contribution in [0.4, 0.5) is 10.1 Å². The van der Waals surface area contributed by atoms with Crippen molar-refractivity contribution in [2.24, 2.45) is 0 Å². The second-order valence-electron chi connectivity index (χ2n) is 3.18. The van der Waals surface area contributed by atoms with E-state index in [4.69, 9.17) is 0 Å². The maximum absolute atomic E-state index is 12.7. The van der Waals surface area contributed by atoms with Crippen molar-refractivity contribution in [1.29, 1.82) is 0 Å². The second-order valence-corrected chi connectivity index (χ2v) is 4.33. The van der Waals surface area contributed by atoms with Crippen molar-refractivity contribution < 1.29 is 4.39 Å². The largest absolute Gasteiger partial charge is 0.761 e. The highest BCUT2D eigenvalue weighted by atomic mass is 32.2. The molecule has 82 valence electrons. The van der Waals surface area contributed by atoms with Crippen LogP contribution < -0.4 is 5.48 Å². The topological polar surface area (TPSA) is 35.1 Å². The molecule has 0 bridgehead atoms. The zero-order chi connectivity index (χ0) is 11.4. The predicted octanol–water partition coefficient (Wildman–Crippen LogP) is 3.89. The SMILES string of the molecule is [O-]Nc1ccc(Sc2ccc(F)cc2)cc1. The van der Waals surface area contributed by atoms with Crippen molar-refractivity contribution in [3.63, 3.8) is 0 Å². The molecule has 0 saturated heterocycles. The van der Waals surface area contributed by atoms with Crippen molar-refractivity contribution in [3.8, 4) is 0 Å². The van der Waals surface area contributed by atoms with Gasteiger partial charge in [-0.15, -0.1) is 0 Å². The predicted molar refractivity (Wildman–Crippen MR) is 64.0 cm³/mol. The Balaban J connectivity index is 2.11. The number of anilines is 1. The first-order chi connectivity index (χ1) is 7.78. The van der Waals surface area contributed by atoms with Gasteiger partial charge in [0.05, 0.1) is 0 Å². The Kier molecular flexibility index (Phi) is 3.44. The minimum absolute atomic E-state index is 0.241. The minimum Gasteiger partial charge on any atom is -0.761 e. The van der Waals surface area contributed by atoms with Crippen LogP contribution >= 0.6 is 11.8 Å². The lowest BCUT2D eigenvalue weighted by molar-refractivity contribution is 0.626. The Morgan fingerprint density at radius 1 is 0.875 bits per heavy atom. The molecular formula is C12H9FNOS-. The van der Waals surface area contributed by atoms with E-state index in [1.54, 1.807) is 24.3 Å². The van der Waals surface area contributed by atoms with Crippen LogP contribution in [0.25, 0.3) is 0 Å². The normalized spacial score (nSPS) is 10.1. The monoisotopic (exact) mass is 234 g/mol. The van der Waals surface area contributed by atoms with Crippen molar-refractivity contribution in [2.75, 3.05) is 5.48 Å². The first kappa shape index (κ1) is 11.0. The lowest BCUT2D eigenvalue weighted by atomic mass is 10.3. The molecule has 1 N–H and O–H groups in total. The fourth-order valence-electron chi connectivity index (χ4n) is 1.23. The third-order valence-corrected chi connectivity index (χ3v) is 3.04. The highest BCUT2D eigenvalue weighted by Crippen LogP contribution is 2.28. The van der Waals surface area contributed by atoms with Crippen molar-refractivity contribution in [2.45, 2.75) is 9.79 Å². The number of hydrogen-bond acceptors (Lipinski definition) is 3. The molecular weight excluding hydrogens is 225 g/mol. The summed E-state index contributed by atoms with van der Waals surface area (Å²) in [7, 11) is 0. The summed E-state index contributed by atoms with van der Waals surface area (Å²) in [5.41, 5.74) is 2.35. The summed E-state index contributed by atoms with van der Waals surface area (Å²) in [6.45, 7) is 0. The summed E-state index contributed by atoms with van der Waals surface area (Å²) < 4.78 is 12.7. The average Bonchev–Trinajstić information content (AvgIpc) is 2.33. The van der Waals surface area contributed by atoms with Gasteiger partial charge in [0.25, 0.3) is 0 Å². The molecule has 16 heavy (non-hydrogen) atoms. The van der Waals surface area contributed by atoms with Gasteiger partial charge in [-0.25, -0.2) is 4.39 Å². The fourth-order valence-corrected chi connectivity index (χ4v) is 2.05. The fraction of sp³-hybridized carbons (Fsp3) is 0. The van der Waals surface area contributed by atoms with E-state index < -0.39 is 0 Å². The molecule has 0 aliphatic rings. The summed E-state index contributed by atoms with van der Waals surface area (Å²) in [6.07, 6.45) is 0. The number of nitrogens with one attached hydrogen (secondary N) is 1. The van der Waals surface area contributed by atoms with Gasteiger partial charge < -0.3 is 10.7 Å². The first-order valence-electron chi connectivity index (χ1n) is 4.69. The third kappa shape index (κ3) is 2.74. The van der Waals surface area contributed by atoms with Crippen LogP contribution in [0.2, 0.25) is 0 Å². The highest BCUT2D eigenvalue weighted by molar-refractivity contribution is 7.99. The number of halogens is 1. The Morgan fingerprint density at radius 2 is 1.38 bits per heavy atom. The average molecular weight is 234 g/mol. The summed E-state index contributed by atoms with van der Waals surface area (Å²) in [6, 6.07) is 13.4. The molecule has 0 saturated carbocycles. The van der Waals surface area contributed by atoms with E-state index in [-0.39, 0.29) is 5.82 Å². The number of rotatable bonds is 3. The molecule has 0 unspecified atom stereocenters. The minimum atomic E-state index is -0.241. The van der Waals surface area contributed by atoms with Gasteiger partial charge in [0.15, 0.2) is 0 Å². The quantitative estimate of drug-likeness (QED) is 0.818. The van der Waals surface area contributed by atoms with Crippen LogP contribution in [0, 0.1) is 11.0 Å². The van der Waals surface area contributed by atoms with E-state index in [0.717, 1.165) is 9.79 Å². The molecule has 0 aliphatic carbocycles. The Labute approximate surface area is 97.1 Å². The van der Waals surface area contributed by atoms with Gasteiger partial charge in [0, 0.05) is 15.5 Å². The molecule has 0 aromatic heterocycles. The number of benzene rings is 2. The molecule has 0 fully saturated rings. The summed E-state index contributed by atoms with van der Waals surface area (Å²) in [4.78, 5) is 1.97. The molecule has 0 amide bonds. The molecule has 2 nitrogen and oxygen atoms in total. The van der Waals surface area contributed by atoms with Crippen molar-refractivity contribution >= 4 is 17.4 Å². The lowest BCUT2D eigenvalue weighted by Gasteiger charge is -2.09. The maximum atomic E-state index is 12.7. The van der Waals surface area contributed by atoms with Crippen LogP contribution in [0.1, 0.15) is 0 Å². The van der Waals surface area contributed by atoms with Crippen molar-refractivity contribution in [3.05, 3.63) is 59.6 Å². The van der Waals surface area contributed by atoms with Gasteiger partial charge in [-0.05, 0) is 48.5 Å². The van der Waals surface area contributed by atoms with Crippen LogP contribution in [0.5, 0.6) is 0 Å². The Bertz CT molecular complexity index is 455. The van der Waals surface area contributed by atoms with Gasteiger partial charge in [0.1, 0.15) is 5.82 Å². The highest BCUT2D eigenvalue weighted by Gasteiger charge is 1.97. The van der Waals surface area contributed by atoms with Crippen LogP contribution in [-0.2, 0) is 0 Å². The summed E-state index contributed by atoms with van der Waals surface area (Å²) >= 11 is 1.52. The second kappa shape index (κ2) is 5.01. The van der Waals surface area contributed by atoms with E-state index in [0.29, 0.717) is 5.69 Å². The van der Waals surface area contributed by atoms with E-state index in [2.05, 4.69) is 0 Å². The smallest absolute Gasteiger partial charge is 0.123 e. The summed E-state index contributed by atoms with van der Waals surface area (Å²) in [5.74, 6) is -0.241. The van der Waals surface area contributed by atoms with Gasteiger partial charge in [0.2, 0.25) is 0 Å². The van der Waals surface area contributed by atoms with Crippen molar-refractivity contribution in [1.82, 2.24) is 0 Å². The van der Waals surface area contributed by atoms with E-state index in [1.165, 1.54) is 23.9 Å². The zero-order valence-corrected chi connectivity index (χ0v) is 9.13. The van der Waals surface area contributed by atoms with Gasteiger partial charge in [-0.2, -0.15) is 0 Å². The van der Waals surface area contributed by atoms with Crippen LogP contribution in [0.3, 0.4) is 0 Å². The van der Waals surface area contributed by atoms with Gasteiger partial charge >= 0.3 is 0 Å². The van der Waals surface area contributed by atoms with E-state index in [1.807, 2.05) is 17.6 Å². The maximum Gasteiger partial charge on any atom is 0.123 e. The molecule has 2 aromatic rings. The summed E-state index contributed by atoms with van der Waals surface area (Å²) in [5, 5.41) is 10.3. The van der Waals surface area contributed by atoms with Gasteiger partial charge in [-0.3, -0.25) is 0 Å². The van der Waals surface area contributed by atoms with Gasteiger partial charge in [-0.1, -0.05) is 11.8 Å². The van der Waals surface area contributed by atoms with Crippen LogP contribution in [0.15, 0.2) is 58.3 Å². The standard InChI is InChI=1S/C12H9FNOS/c13-9-1-5-11(6-2-9)16-12-7-3-10(14-15)4-8-12/h1-8,14H/q-1. The molecule has 0 radical (unpaired) electrons. The molecule has 0 heterocycles. The number of hydrogen-bond donors (Lipinski definition) is 1. The molecule has 2 rings (SSSR count). The molecule has 2 aromatic carbocycles. The van der Waals surface area contributed by atoms with E-state index >= 15 is 0 Å². The lowest BCUT2D eigenvalue weighted by Crippen LogP contribution is -1.83. The first-order valence-corrected chi connectivity index (χ1v) is 5.51. The van der Waals surface area contributed by atoms with Crippen LogP contribution in [-0.4, -0.2) is 0 Å². The third-order valence-electron chi connectivity index (χ3n) is 2.02. The Morgan fingerprint density at radius 3 is 1.88 bits per heavy atom. The Hall–Kier alpha value is -1.52. The molecule has 0 aliphatic heterocycles. The molecule has 0 spiro atoms. The zero-order valence-electron chi connectivity index (χ0n) is 8.31. The van der Waals surface area contributed by atoms with E-state index in [9.17, 15) is 9.60 Å².